The average molecular weight is 306 g/mol. The van der Waals surface area contributed by atoms with Crippen molar-refractivity contribution < 1.29 is 29.2 Å². The Morgan fingerprint density at radius 1 is 1.24 bits per heavy atom. The van der Waals surface area contributed by atoms with Gasteiger partial charge in [-0.2, -0.15) is 0 Å². The monoisotopic (exact) mass is 306 g/mol. The van der Waals surface area contributed by atoms with E-state index in [1.807, 2.05) is 13.8 Å². The first-order valence-corrected chi connectivity index (χ1v) is 7.17. The van der Waals surface area contributed by atoms with Crippen LogP contribution < -0.4 is 0 Å². The lowest BCUT2D eigenvalue weighted by Crippen LogP contribution is -2.46. The lowest BCUT2D eigenvalue weighted by atomic mass is 9.76. The van der Waals surface area contributed by atoms with Crippen LogP contribution >= 0.6 is 0 Å². The van der Waals surface area contributed by atoms with Gasteiger partial charge in [0.05, 0.1) is 17.5 Å². The fraction of sp³-hybridized carbons (Fsp3) is 0.867. The van der Waals surface area contributed by atoms with E-state index < -0.39 is 35.6 Å². The number of allylic oxidation sites excluding steroid dienone is 1. The molecular weight excluding hydrogens is 279 g/mol. The molecule has 0 radical (unpaired) electrons. The molecule has 5 nitrogen and oxygen atoms in total. The lowest BCUT2D eigenvalue weighted by Gasteiger charge is -2.41. The van der Waals surface area contributed by atoms with E-state index in [0.29, 0.717) is 0 Å². The normalized spacial score (nSPS) is 31.8. The van der Waals surface area contributed by atoms with Crippen molar-refractivity contribution in [3.05, 3.63) is 11.9 Å². The average Bonchev–Trinajstić information content (AvgIpc) is 2.56. The van der Waals surface area contributed by atoms with E-state index in [4.69, 9.17) is 14.6 Å². The van der Waals surface area contributed by atoms with Crippen LogP contribution in [0.4, 0.5) is 4.39 Å². The third kappa shape index (κ3) is 4.23. The first-order valence-electron chi connectivity index (χ1n) is 7.17. The van der Waals surface area contributed by atoms with Crippen molar-refractivity contribution in [1.29, 1.82) is 0 Å². The highest BCUT2D eigenvalue weighted by molar-refractivity contribution is 5.06. The predicted molar refractivity (Wildman–Crippen MR) is 76.2 cm³/mol. The van der Waals surface area contributed by atoms with Crippen molar-refractivity contribution in [3.8, 4) is 0 Å². The van der Waals surface area contributed by atoms with Crippen molar-refractivity contribution in [2.24, 2.45) is 5.41 Å². The van der Waals surface area contributed by atoms with Gasteiger partial charge in [-0.25, -0.2) is 4.39 Å². The Kier molecular flexibility index (Phi) is 5.91. The van der Waals surface area contributed by atoms with Crippen LogP contribution in [-0.4, -0.2) is 52.1 Å². The van der Waals surface area contributed by atoms with E-state index in [9.17, 15) is 14.6 Å². The molecule has 4 atom stereocenters. The van der Waals surface area contributed by atoms with Gasteiger partial charge in [0.1, 0.15) is 12.2 Å². The van der Waals surface area contributed by atoms with E-state index in [1.165, 1.54) is 13.0 Å². The SMILES string of the molecule is C/C(F)=C\C(C)(C)C(C)(C)OC1OC(CCO)C(O)C1O. The predicted octanol–water partition coefficient (Wildman–Crippen LogP) is 1.51. The molecule has 1 aliphatic heterocycles. The lowest BCUT2D eigenvalue weighted by molar-refractivity contribution is -0.239. The van der Waals surface area contributed by atoms with E-state index in [-0.39, 0.29) is 18.9 Å². The van der Waals surface area contributed by atoms with E-state index in [2.05, 4.69) is 0 Å². The van der Waals surface area contributed by atoms with Crippen LogP contribution in [0.3, 0.4) is 0 Å². The topological polar surface area (TPSA) is 79.2 Å². The Hall–Kier alpha value is -0.530. The molecule has 1 heterocycles. The van der Waals surface area contributed by atoms with Gasteiger partial charge in [-0.1, -0.05) is 13.8 Å². The van der Waals surface area contributed by atoms with Gasteiger partial charge in [0, 0.05) is 12.0 Å². The van der Waals surface area contributed by atoms with E-state index >= 15 is 0 Å². The number of halogens is 1. The number of hydrogen-bond acceptors (Lipinski definition) is 5. The molecule has 0 amide bonds. The highest BCUT2D eigenvalue weighted by atomic mass is 19.1. The first-order chi connectivity index (χ1) is 9.51. The third-order valence-electron chi connectivity index (χ3n) is 4.25. The van der Waals surface area contributed by atoms with Crippen LogP contribution in [0.1, 0.15) is 41.0 Å². The van der Waals surface area contributed by atoms with E-state index in [1.54, 1.807) is 13.8 Å². The van der Waals surface area contributed by atoms with Crippen LogP contribution in [0.5, 0.6) is 0 Å². The van der Waals surface area contributed by atoms with Gasteiger partial charge in [-0.3, -0.25) is 0 Å². The highest BCUT2D eigenvalue weighted by Gasteiger charge is 2.48. The van der Waals surface area contributed by atoms with Gasteiger partial charge in [-0.15, -0.1) is 0 Å². The Balaban J connectivity index is 2.82. The van der Waals surface area contributed by atoms with Crippen molar-refractivity contribution in [2.75, 3.05) is 6.61 Å². The van der Waals surface area contributed by atoms with Gasteiger partial charge in [0.15, 0.2) is 6.29 Å². The Morgan fingerprint density at radius 2 is 1.81 bits per heavy atom. The summed E-state index contributed by atoms with van der Waals surface area (Å²) in [5, 5.41) is 28.8. The zero-order valence-corrected chi connectivity index (χ0v) is 13.3. The number of aliphatic hydroxyl groups excluding tert-OH is 3. The second-order valence-electron chi connectivity index (χ2n) is 6.62. The van der Waals surface area contributed by atoms with Gasteiger partial charge < -0.3 is 24.8 Å². The van der Waals surface area contributed by atoms with Crippen molar-refractivity contribution in [3.63, 3.8) is 0 Å². The number of ether oxygens (including phenoxy) is 2. The number of aliphatic hydroxyl groups is 3. The van der Waals surface area contributed by atoms with Crippen LogP contribution in [0.15, 0.2) is 11.9 Å². The van der Waals surface area contributed by atoms with E-state index in [0.717, 1.165) is 0 Å². The first kappa shape index (κ1) is 18.5. The smallest absolute Gasteiger partial charge is 0.187 e. The number of hydrogen-bond donors (Lipinski definition) is 3. The van der Waals surface area contributed by atoms with Gasteiger partial charge >= 0.3 is 0 Å². The van der Waals surface area contributed by atoms with Crippen molar-refractivity contribution >= 4 is 0 Å². The maximum Gasteiger partial charge on any atom is 0.187 e. The largest absolute Gasteiger partial charge is 0.396 e. The maximum atomic E-state index is 13.2. The molecule has 0 aromatic rings. The van der Waals surface area contributed by atoms with Crippen LogP contribution in [0.2, 0.25) is 0 Å². The molecule has 0 aromatic heterocycles. The van der Waals surface area contributed by atoms with Gasteiger partial charge in [0.25, 0.3) is 0 Å². The molecule has 4 unspecified atom stereocenters. The van der Waals surface area contributed by atoms with Gasteiger partial charge in [-0.05, 0) is 33.3 Å². The molecule has 1 saturated heterocycles. The minimum absolute atomic E-state index is 0.153. The summed E-state index contributed by atoms with van der Waals surface area (Å²) in [6.07, 6.45) is -2.33. The molecule has 0 aromatic carbocycles. The molecule has 6 heteroatoms. The van der Waals surface area contributed by atoms with Crippen LogP contribution in [-0.2, 0) is 9.47 Å². The summed E-state index contributed by atoms with van der Waals surface area (Å²) in [6.45, 7) is 8.39. The second-order valence-corrected chi connectivity index (χ2v) is 6.62. The molecule has 1 aliphatic rings. The Bertz CT molecular complexity index is 376. The molecule has 3 N–H and O–H groups in total. The zero-order chi connectivity index (χ0) is 16.4. The highest BCUT2D eigenvalue weighted by Crippen LogP contribution is 2.39. The maximum absolute atomic E-state index is 13.2. The molecule has 0 spiro atoms. The third-order valence-corrected chi connectivity index (χ3v) is 4.25. The quantitative estimate of drug-likeness (QED) is 0.693. The number of rotatable bonds is 6. The fourth-order valence-corrected chi connectivity index (χ4v) is 2.29. The van der Waals surface area contributed by atoms with Gasteiger partial charge in [0.2, 0.25) is 0 Å². The fourth-order valence-electron chi connectivity index (χ4n) is 2.29. The second kappa shape index (κ2) is 6.71. The summed E-state index contributed by atoms with van der Waals surface area (Å²) in [4.78, 5) is 0. The van der Waals surface area contributed by atoms with Crippen LogP contribution in [0.25, 0.3) is 0 Å². The molecule has 0 bridgehead atoms. The zero-order valence-electron chi connectivity index (χ0n) is 13.3. The standard InChI is InChI=1S/C15H27FO5/c1-9(16)8-14(2,3)15(4,5)21-13-12(19)11(18)10(20-13)6-7-17/h8,10-13,17-19H,6-7H2,1-5H3/b9-8+. The molecule has 124 valence electrons. The van der Waals surface area contributed by atoms with Crippen molar-refractivity contribution in [1.82, 2.24) is 0 Å². The minimum Gasteiger partial charge on any atom is -0.396 e. The summed E-state index contributed by atoms with van der Waals surface area (Å²) in [5.41, 5.74) is -1.48. The minimum atomic E-state index is -1.20. The Labute approximate surface area is 125 Å². The molecule has 0 aliphatic carbocycles. The molecule has 1 rings (SSSR count). The summed E-state index contributed by atoms with van der Waals surface area (Å²) in [6, 6.07) is 0. The Morgan fingerprint density at radius 3 is 2.29 bits per heavy atom. The molecule has 1 fully saturated rings. The molecule has 0 saturated carbocycles. The molecule has 21 heavy (non-hydrogen) atoms. The summed E-state index contributed by atoms with van der Waals surface area (Å²) in [5.74, 6) is -0.317. The van der Waals surface area contributed by atoms with Crippen molar-refractivity contribution in [2.45, 2.75) is 71.2 Å². The summed E-state index contributed by atoms with van der Waals surface area (Å²) >= 11 is 0. The van der Waals surface area contributed by atoms with Crippen LogP contribution in [0, 0.1) is 5.41 Å². The molecular formula is C15H27FO5. The summed E-state index contributed by atoms with van der Waals surface area (Å²) < 4.78 is 24.5. The summed E-state index contributed by atoms with van der Waals surface area (Å²) in [7, 11) is 0.